The molecule has 0 N–H and O–H groups in total. The van der Waals surface area contributed by atoms with Gasteiger partial charge in [-0.2, -0.15) is 0 Å². The molecule has 0 fully saturated rings. The van der Waals surface area contributed by atoms with Crippen LogP contribution in [0.4, 0.5) is 0 Å². The number of benzene rings is 2. The largest absolute Gasteiger partial charge is 0.497 e. The molecule has 0 spiro atoms. The number of para-hydroxylation sites is 1. The highest BCUT2D eigenvalue weighted by Gasteiger charge is 2.17. The molecule has 2 aromatic carbocycles. The summed E-state index contributed by atoms with van der Waals surface area (Å²) in [5.41, 5.74) is 1.75. The van der Waals surface area contributed by atoms with Gasteiger partial charge in [0.15, 0.2) is 0 Å². The van der Waals surface area contributed by atoms with Gasteiger partial charge in [0.1, 0.15) is 17.2 Å². The Hall–Kier alpha value is -3.10. The summed E-state index contributed by atoms with van der Waals surface area (Å²) in [6.07, 6.45) is 0. The van der Waals surface area contributed by atoms with Crippen LogP contribution in [0.1, 0.15) is 18.2 Å². The number of methoxy groups -OCH3 is 2. The van der Waals surface area contributed by atoms with Crippen molar-refractivity contribution < 1.29 is 23.7 Å². The lowest BCUT2D eigenvalue weighted by Crippen LogP contribution is -2.30. The minimum Gasteiger partial charge on any atom is -0.497 e. The summed E-state index contributed by atoms with van der Waals surface area (Å²) < 4.78 is 21.7. The van der Waals surface area contributed by atoms with Crippen LogP contribution in [0.2, 0.25) is 0 Å². The highest BCUT2D eigenvalue weighted by molar-refractivity contribution is 7.11. The molecule has 164 valence electrons. The molecule has 3 aromatic rings. The minimum absolute atomic E-state index is 0.134. The summed E-state index contributed by atoms with van der Waals surface area (Å²) in [7, 11) is 3.22. The fourth-order valence-corrected chi connectivity index (χ4v) is 3.69. The zero-order valence-electron chi connectivity index (χ0n) is 17.9. The summed E-state index contributed by atoms with van der Waals surface area (Å²) in [4.78, 5) is 18.7. The van der Waals surface area contributed by atoms with Gasteiger partial charge in [0, 0.05) is 30.1 Å². The maximum absolute atomic E-state index is 12.2. The van der Waals surface area contributed by atoms with Crippen LogP contribution < -0.4 is 14.2 Å². The van der Waals surface area contributed by atoms with E-state index in [0.717, 1.165) is 17.0 Å². The van der Waals surface area contributed by atoms with Crippen LogP contribution >= 0.6 is 11.3 Å². The second-order valence-electron chi connectivity index (χ2n) is 6.65. The third-order valence-electron chi connectivity index (χ3n) is 4.41. The van der Waals surface area contributed by atoms with Gasteiger partial charge in [0.05, 0.1) is 33.1 Å². The van der Waals surface area contributed by atoms with E-state index in [2.05, 4.69) is 4.98 Å². The number of carbonyl (C=O) groups is 1. The smallest absolute Gasteiger partial charge is 0.320 e. The lowest BCUT2D eigenvalue weighted by molar-refractivity contribution is -0.144. The zero-order valence-corrected chi connectivity index (χ0v) is 18.7. The molecule has 8 heteroatoms. The van der Waals surface area contributed by atoms with Crippen molar-refractivity contribution in [3.63, 3.8) is 0 Å². The summed E-state index contributed by atoms with van der Waals surface area (Å²) in [5, 5.41) is 2.49. The van der Waals surface area contributed by atoms with Gasteiger partial charge in [0.2, 0.25) is 0 Å². The first-order valence-electron chi connectivity index (χ1n) is 9.87. The highest BCUT2D eigenvalue weighted by Crippen LogP contribution is 2.28. The van der Waals surface area contributed by atoms with Crippen molar-refractivity contribution in [2.24, 2.45) is 0 Å². The number of rotatable bonds is 11. The van der Waals surface area contributed by atoms with E-state index in [1.807, 2.05) is 58.8 Å². The molecule has 31 heavy (non-hydrogen) atoms. The van der Waals surface area contributed by atoms with Crippen LogP contribution in [0.15, 0.2) is 53.9 Å². The van der Waals surface area contributed by atoms with Gasteiger partial charge >= 0.3 is 5.97 Å². The summed E-state index contributed by atoms with van der Waals surface area (Å²) in [6.45, 7) is 3.21. The van der Waals surface area contributed by atoms with E-state index >= 15 is 0 Å². The van der Waals surface area contributed by atoms with Crippen LogP contribution in [-0.2, 0) is 22.6 Å². The molecule has 0 unspecified atom stereocenters. The van der Waals surface area contributed by atoms with E-state index in [4.69, 9.17) is 18.9 Å². The molecule has 7 nitrogen and oxygen atoms in total. The number of hydrogen-bond acceptors (Lipinski definition) is 8. The molecule has 0 atom stereocenters. The second-order valence-corrected chi connectivity index (χ2v) is 7.47. The number of hydrogen-bond donors (Lipinski definition) is 0. The number of carbonyl (C=O) groups excluding carboxylic acids is 1. The first-order chi connectivity index (χ1) is 15.1. The second kappa shape index (κ2) is 11.3. The maximum atomic E-state index is 12.2. The first kappa shape index (κ1) is 22.6. The van der Waals surface area contributed by atoms with Crippen LogP contribution in [0.3, 0.4) is 0 Å². The normalized spacial score (nSPS) is 10.7. The molecule has 0 aliphatic heterocycles. The standard InChI is InChI=1S/C23H26N2O5S/c1-4-29-22(26)15-25(13-17-10-11-20(27-2)12-21(17)28-3)14-18-16-31-23(24-18)30-19-8-6-5-7-9-19/h5-12,16H,4,13-15H2,1-3H3. The molecule has 0 saturated carbocycles. The van der Waals surface area contributed by atoms with E-state index in [1.54, 1.807) is 21.1 Å². The Morgan fingerprint density at radius 3 is 2.55 bits per heavy atom. The molecular formula is C23H26N2O5S. The van der Waals surface area contributed by atoms with Crippen molar-refractivity contribution >= 4 is 17.3 Å². The predicted octanol–water partition coefficient (Wildman–Crippen LogP) is 4.52. The number of thiazole rings is 1. The van der Waals surface area contributed by atoms with E-state index < -0.39 is 0 Å². The Bertz CT molecular complexity index is 977. The van der Waals surface area contributed by atoms with Crippen LogP contribution in [0.25, 0.3) is 0 Å². The fraction of sp³-hybridized carbons (Fsp3) is 0.304. The number of aromatic nitrogens is 1. The van der Waals surface area contributed by atoms with E-state index in [9.17, 15) is 4.79 Å². The third-order valence-corrected chi connectivity index (χ3v) is 5.18. The lowest BCUT2D eigenvalue weighted by atomic mass is 10.1. The molecule has 0 amide bonds. The Morgan fingerprint density at radius 1 is 1.03 bits per heavy atom. The molecule has 0 aliphatic rings. The summed E-state index contributed by atoms with van der Waals surface area (Å²) in [5.74, 6) is 1.85. The van der Waals surface area contributed by atoms with Crippen molar-refractivity contribution in [2.45, 2.75) is 20.0 Å². The van der Waals surface area contributed by atoms with Crippen LogP contribution in [0.5, 0.6) is 22.4 Å². The average molecular weight is 443 g/mol. The van der Waals surface area contributed by atoms with Gasteiger partial charge in [-0.15, -0.1) is 0 Å². The predicted molar refractivity (Wildman–Crippen MR) is 119 cm³/mol. The fourth-order valence-electron chi connectivity index (χ4n) is 3.01. The van der Waals surface area contributed by atoms with E-state index in [-0.39, 0.29) is 12.5 Å². The van der Waals surface area contributed by atoms with Gasteiger partial charge in [-0.25, -0.2) is 4.98 Å². The molecule has 0 bridgehead atoms. The van der Waals surface area contributed by atoms with Gasteiger partial charge in [0.25, 0.3) is 5.19 Å². The van der Waals surface area contributed by atoms with E-state index in [1.165, 1.54) is 11.3 Å². The molecule has 0 aliphatic carbocycles. The Morgan fingerprint density at radius 2 is 1.84 bits per heavy atom. The van der Waals surface area contributed by atoms with Gasteiger partial charge in [-0.1, -0.05) is 35.6 Å². The monoisotopic (exact) mass is 442 g/mol. The topological polar surface area (TPSA) is 70.1 Å². The number of esters is 1. The third kappa shape index (κ3) is 6.70. The van der Waals surface area contributed by atoms with Crippen LogP contribution in [-0.4, -0.2) is 43.2 Å². The van der Waals surface area contributed by atoms with Crippen molar-refractivity contribution in [3.8, 4) is 22.4 Å². The molecule has 0 radical (unpaired) electrons. The number of ether oxygens (including phenoxy) is 4. The van der Waals surface area contributed by atoms with Gasteiger partial charge < -0.3 is 18.9 Å². The van der Waals surface area contributed by atoms with Crippen molar-refractivity contribution in [3.05, 3.63) is 65.2 Å². The Labute approximate surface area is 186 Å². The van der Waals surface area contributed by atoms with Crippen molar-refractivity contribution in [2.75, 3.05) is 27.4 Å². The summed E-state index contributed by atoms with van der Waals surface area (Å²) in [6, 6.07) is 15.1. The molecular weight excluding hydrogens is 416 g/mol. The molecule has 1 heterocycles. The quantitative estimate of drug-likeness (QED) is 0.405. The van der Waals surface area contributed by atoms with Crippen molar-refractivity contribution in [1.82, 2.24) is 9.88 Å². The number of nitrogens with zero attached hydrogens (tertiary/aromatic N) is 2. The average Bonchev–Trinajstić information content (AvgIpc) is 3.21. The summed E-state index contributed by atoms with van der Waals surface area (Å²) >= 11 is 1.42. The van der Waals surface area contributed by atoms with Crippen molar-refractivity contribution in [1.29, 1.82) is 0 Å². The van der Waals surface area contributed by atoms with Gasteiger partial charge in [-0.3, -0.25) is 9.69 Å². The first-order valence-corrected chi connectivity index (χ1v) is 10.8. The minimum atomic E-state index is -0.286. The Kier molecular flexibility index (Phi) is 8.26. The van der Waals surface area contributed by atoms with Gasteiger partial charge in [-0.05, 0) is 25.1 Å². The zero-order chi connectivity index (χ0) is 22.1. The van der Waals surface area contributed by atoms with Crippen LogP contribution in [0, 0.1) is 0 Å². The maximum Gasteiger partial charge on any atom is 0.320 e. The molecule has 1 aromatic heterocycles. The molecule has 0 saturated heterocycles. The lowest BCUT2D eigenvalue weighted by Gasteiger charge is -2.22. The van der Waals surface area contributed by atoms with E-state index in [0.29, 0.717) is 36.4 Å². The highest BCUT2D eigenvalue weighted by atomic mass is 32.1. The molecule has 3 rings (SSSR count). The Balaban J connectivity index is 1.74. The SMILES string of the molecule is CCOC(=O)CN(Cc1csc(Oc2ccccc2)n1)Cc1ccc(OC)cc1OC.